The van der Waals surface area contributed by atoms with E-state index in [9.17, 15) is 5.11 Å². The molecular weight excluding hydrogens is 364 g/mol. The van der Waals surface area contributed by atoms with Gasteiger partial charge in [-0.25, -0.2) is 0 Å². The number of aromatic amines is 1. The zero-order valence-corrected chi connectivity index (χ0v) is 14.7. The van der Waals surface area contributed by atoms with Gasteiger partial charge in [-0.2, -0.15) is 0 Å². The third-order valence-electron chi connectivity index (χ3n) is 5.20. The minimum absolute atomic E-state index is 0.160. The summed E-state index contributed by atoms with van der Waals surface area (Å²) in [5.41, 5.74) is 3.80. The largest absolute Gasteiger partial charge is 0.494 e. The fourth-order valence-electron chi connectivity index (χ4n) is 4.09. The second-order valence-electron chi connectivity index (χ2n) is 6.56. The van der Waals surface area contributed by atoms with E-state index in [0.717, 1.165) is 34.5 Å². The third kappa shape index (κ3) is 1.96. The van der Waals surface area contributed by atoms with Crippen LogP contribution in [0.5, 0.6) is 5.88 Å². The molecule has 5 rings (SSSR count). The van der Waals surface area contributed by atoms with Crippen molar-refractivity contribution < 1.29 is 5.11 Å². The average Bonchev–Trinajstić information content (AvgIpc) is 3.13. The molecule has 120 valence electrons. The quantitative estimate of drug-likeness (QED) is 0.448. The molecule has 2 N–H and O–H groups in total. The van der Waals surface area contributed by atoms with E-state index in [1.807, 2.05) is 22.8 Å². The molecule has 1 atom stereocenters. The van der Waals surface area contributed by atoms with E-state index in [4.69, 9.17) is 0 Å². The maximum absolute atomic E-state index is 10.7. The zero-order valence-electron chi connectivity index (χ0n) is 13.1. The van der Waals surface area contributed by atoms with Crippen molar-refractivity contribution in [2.45, 2.75) is 25.3 Å². The number of nitrogens with one attached hydrogen (secondary N) is 1. The molecule has 2 aromatic carbocycles. The fourth-order valence-corrected chi connectivity index (χ4v) is 4.45. The molecule has 0 saturated carbocycles. The maximum Gasteiger partial charge on any atom is 0.199 e. The Labute approximate surface area is 148 Å². The van der Waals surface area contributed by atoms with Crippen molar-refractivity contribution in [2.24, 2.45) is 0 Å². The van der Waals surface area contributed by atoms with Crippen molar-refractivity contribution >= 4 is 37.6 Å². The van der Waals surface area contributed by atoms with Crippen LogP contribution in [0.2, 0.25) is 0 Å². The summed E-state index contributed by atoms with van der Waals surface area (Å²) in [4.78, 5) is 3.61. The normalized spacial score (nSPS) is 17.5. The average molecular weight is 381 g/mol. The molecule has 0 fully saturated rings. The van der Waals surface area contributed by atoms with Crippen LogP contribution in [0.25, 0.3) is 21.7 Å². The Morgan fingerprint density at radius 3 is 2.88 bits per heavy atom. The molecule has 1 aliphatic rings. The highest BCUT2D eigenvalue weighted by Gasteiger charge is 2.27. The number of hydrogen-bond acceptors (Lipinski definition) is 1. The lowest BCUT2D eigenvalue weighted by Crippen LogP contribution is -2.16. The molecule has 24 heavy (non-hydrogen) atoms. The first-order valence-corrected chi connectivity index (χ1v) is 9.10. The summed E-state index contributed by atoms with van der Waals surface area (Å²) in [6.45, 7) is 0. The predicted octanol–water partition coefficient (Wildman–Crippen LogP) is 5.52. The Hall–Kier alpha value is -2.20. The zero-order chi connectivity index (χ0) is 16.3. The van der Waals surface area contributed by atoms with Crippen molar-refractivity contribution in [3.63, 3.8) is 0 Å². The molecule has 1 unspecified atom stereocenters. The van der Waals surface area contributed by atoms with Crippen LogP contribution in [0.4, 0.5) is 0 Å². The van der Waals surface area contributed by atoms with Gasteiger partial charge >= 0.3 is 0 Å². The van der Waals surface area contributed by atoms with Gasteiger partial charge in [-0.1, -0.05) is 34.1 Å². The van der Waals surface area contributed by atoms with Gasteiger partial charge in [-0.15, -0.1) is 0 Å². The second-order valence-corrected chi connectivity index (χ2v) is 7.48. The number of fused-ring (bicyclic) bond motifs is 4. The molecule has 2 heterocycles. The van der Waals surface area contributed by atoms with E-state index in [0.29, 0.717) is 5.88 Å². The van der Waals surface area contributed by atoms with Crippen LogP contribution >= 0.6 is 15.9 Å². The Balaban J connectivity index is 1.73. The highest BCUT2D eigenvalue weighted by Crippen LogP contribution is 2.41. The topological polar surface area (TPSA) is 41.0 Å². The van der Waals surface area contributed by atoms with Gasteiger partial charge in [0.05, 0.1) is 6.04 Å². The Morgan fingerprint density at radius 2 is 2.00 bits per heavy atom. The summed E-state index contributed by atoms with van der Waals surface area (Å²) in [6, 6.07) is 14.6. The summed E-state index contributed by atoms with van der Waals surface area (Å²) in [5, 5.41) is 14.0. The molecule has 2 aromatic heterocycles. The smallest absolute Gasteiger partial charge is 0.199 e. The van der Waals surface area contributed by atoms with Crippen molar-refractivity contribution in [1.29, 1.82) is 0 Å². The van der Waals surface area contributed by atoms with Gasteiger partial charge in [0.1, 0.15) is 0 Å². The minimum Gasteiger partial charge on any atom is -0.494 e. The molecule has 3 nitrogen and oxygen atoms in total. The molecule has 0 radical (unpaired) electrons. The summed E-state index contributed by atoms with van der Waals surface area (Å²) >= 11 is 3.58. The Morgan fingerprint density at radius 1 is 1.12 bits per heavy atom. The number of aromatic hydroxyl groups is 1. The van der Waals surface area contributed by atoms with Crippen LogP contribution in [-0.4, -0.2) is 14.7 Å². The Bertz CT molecular complexity index is 1080. The number of halogens is 1. The molecule has 1 aliphatic carbocycles. The van der Waals surface area contributed by atoms with E-state index < -0.39 is 0 Å². The lowest BCUT2D eigenvalue weighted by molar-refractivity contribution is 0.383. The number of H-pyrrole nitrogens is 1. The Kier molecular flexibility index (Phi) is 3.04. The number of aromatic nitrogens is 2. The molecule has 4 heteroatoms. The molecule has 0 bridgehead atoms. The van der Waals surface area contributed by atoms with Gasteiger partial charge in [0.2, 0.25) is 0 Å². The third-order valence-corrected chi connectivity index (χ3v) is 5.69. The van der Waals surface area contributed by atoms with Crippen LogP contribution in [0, 0.1) is 0 Å². The van der Waals surface area contributed by atoms with Crippen molar-refractivity contribution in [3.8, 4) is 5.88 Å². The standard InChI is InChI=1S/C20H17BrN2O/c21-13-8-9-17-16(10-13)15-6-3-7-18(19(15)22-17)23-11-12-4-1-2-5-14(12)20(23)24/h1-2,4-5,8-11,18,22,24H,3,6-7H2. The summed E-state index contributed by atoms with van der Waals surface area (Å²) < 4.78 is 3.14. The predicted molar refractivity (Wildman–Crippen MR) is 101 cm³/mol. The molecule has 0 saturated heterocycles. The highest BCUT2D eigenvalue weighted by molar-refractivity contribution is 9.10. The molecule has 4 aromatic rings. The minimum atomic E-state index is 0.160. The van der Waals surface area contributed by atoms with E-state index in [2.05, 4.69) is 51.4 Å². The van der Waals surface area contributed by atoms with Gasteiger partial charge in [0, 0.05) is 38.0 Å². The number of benzene rings is 2. The first-order chi connectivity index (χ1) is 11.7. The summed E-state index contributed by atoms with van der Waals surface area (Å²) in [5.74, 6) is 0.364. The van der Waals surface area contributed by atoms with Crippen molar-refractivity contribution in [3.05, 3.63) is 64.4 Å². The number of hydrogen-bond donors (Lipinski definition) is 2. The lowest BCUT2D eigenvalue weighted by atomic mass is 9.91. The molecular formula is C20H17BrN2O. The van der Waals surface area contributed by atoms with Gasteiger partial charge in [-0.05, 0) is 49.1 Å². The van der Waals surface area contributed by atoms with Crippen LogP contribution in [0.15, 0.2) is 53.1 Å². The first kappa shape index (κ1) is 14.2. The van der Waals surface area contributed by atoms with Crippen LogP contribution < -0.4 is 0 Å². The molecule has 0 amide bonds. The molecule has 0 aliphatic heterocycles. The highest BCUT2D eigenvalue weighted by atomic mass is 79.9. The summed E-state index contributed by atoms with van der Waals surface area (Å²) in [7, 11) is 0. The van der Waals surface area contributed by atoms with Gasteiger partial charge in [-0.3, -0.25) is 0 Å². The number of aryl methyl sites for hydroxylation is 1. The van der Waals surface area contributed by atoms with Gasteiger partial charge in [0.25, 0.3) is 0 Å². The van der Waals surface area contributed by atoms with Crippen LogP contribution in [-0.2, 0) is 6.42 Å². The van der Waals surface area contributed by atoms with Gasteiger partial charge in [0.15, 0.2) is 5.88 Å². The lowest BCUT2D eigenvalue weighted by Gasteiger charge is -2.24. The maximum atomic E-state index is 10.7. The fraction of sp³-hybridized carbons (Fsp3) is 0.200. The van der Waals surface area contributed by atoms with E-state index in [-0.39, 0.29) is 6.04 Å². The van der Waals surface area contributed by atoms with Crippen molar-refractivity contribution in [2.75, 3.05) is 0 Å². The van der Waals surface area contributed by atoms with E-state index >= 15 is 0 Å². The number of rotatable bonds is 1. The van der Waals surface area contributed by atoms with Crippen LogP contribution in [0.1, 0.15) is 30.1 Å². The van der Waals surface area contributed by atoms with Crippen molar-refractivity contribution in [1.82, 2.24) is 9.55 Å². The van der Waals surface area contributed by atoms with Gasteiger partial charge < -0.3 is 14.7 Å². The van der Waals surface area contributed by atoms with E-state index in [1.165, 1.54) is 22.2 Å². The first-order valence-electron chi connectivity index (χ1n) is 8.31. The number of nitrogens with zero attached hydrogens (tertiary/aromatic N) is 1. The second kappa shape index (κ2) is 5.15. The van der Waals surface area contributed by atoms with Crippen LogP contribution in [0.3, 0.4) is 0 Å². The summed E-state index contributed by atoms with van der Waals surface area (Å²) in [6.07, 6.45) is 5.33. The monoisotopic (exact) mass is 380 g/mol. The molecule has 0 spiro atoms. The van der Waals surface area contributed by atoms with E-state index in [1.54, 1.807) is 0 Å². The SMILES string of the molecule is Oc1c2ccccc2cn1C1CCCc2c1[nH]c1ccc(Br)cc21.